The molecule has 3 nitrogen and oxygen atoms in total. The van der Waals surface area contributed by atoms with Gasteiger partial charge < -0.3 is 0 Å². The second-order valence-corrected chi connectivity index (χ2v) is 3.12. The Labute approximate surface area is 77.4 Å². The first-order chi connectivity index (χ1) is 6.05. The van der Waals surface area contributed by atoms with Crippen molar-refractivity contribution in [2.45, 2.75) is 25.8 Å². The topological polar surface area (TPSA) is 37.4 Å². The van der Waals surface area contributed by atoms with Crippen LogP contribution in [0.3, 0.4) is 0 Å². The minimum Gasteiger partial charge on any atom is -0.269 e. The molecule has 0 spiro atoms. The Balaban J connectivity index is 3.02. The average molecular weight is 177 g/mol. The molecule has 0 fully saturated rings. The maximum atomic E-state index is 11.3. The molecule has 1 aliphatic heterocycles. The van der Waals surface area contributed by atoms with Crippen LogP contribution in [0, 0.1) is 12.3 Å². The molecule has 13 heavy (non-hydrogen) atoms. The fourth-order valence-corrected chi connectivity index (χ4v) is 1.21. The van der Waals surface area contributed by atoms with Crippen LogP contribution in [0.25, 0.3) is 0 Å². The van der Waals surface area contributed by atoms with Crippen LogP contribution in [0.1, 0.15) is 20.3 Å². The molecule has 0 N–H and O–H groups in total. The van der Waals surface area contributed by atoms with Gasteiger partial charge in [0.05, 0.1) is 0 Å². The third-order valence-electron chi connectivity index (χ3n) is 2.30. The van der Waals surface area contributed by atoms with E-state index in [1.165, 1.54) is 12.2 Å². The Morgan fingerprint density at radius 2 is 1.92 bits per heavy atom. The summed E-state index contributed by atoms with van der Waals surface area (Å²) in [5.41, 5.74) is -0.794. The Hall–Kier alpha value is -1.56. The third-order valence-corrected chi connectivity index (χ3v) is 2.30. The number of hydrogen-bond acceptors (Lipinski definition) is 2. The fourth-order valence-electron chi connectivity index (χ4n) is 1.21. The average Bonchev–Trinajstić information content (AvgIpc) is 2.46. The van der Waals surface area contributed by atoms with E-state index in [2.05, 4.69) is 5.92 Å². The van der Waals surface area contributed by atoms with Gasteiger partial charge >= 0.3 is 0 Å². The molecule has 1 rings (SSSR count). The minimum atomic E-state index is -0.794. The fraction of sp³-hybridized carbons (Fsp3) is 0.400. The molecule has 1 atom stereocenters. The van der Waals surface area contributed by atoms with E-state index in [9.17, 15) is 9.59 Å². The van der Waals surface area contributed by atoms with Crippen molar-refractivity contribution in [3.63, 3.8) is 0 Å². The smallest absolute Gasteiger partial charge is 0.254 e. The Morgan fingerprint density at radius 1 is 1.46 bits per heavy atom. The van der Waals surface area contributed by atoms with Crippen LogP contribution < -0.4 is 0 Å². The standard InChI is InChI=1S/C10H11NO2/c1-4-10(3,5-2)11-8(12)6-7-9(11)13/h1,6-7H,5H2,2-3H3. The minimum absolute atomic E-state index is 0.327. The molecule has 1 heterocycles. The van der Waals surface area contributed by atoms with E-state index in [0.29, 0.717) is 6.42 Å². The molecule has 0 aliphatic carbocycles. The molecule has 1 aliphatic rings. The molecule has 68 valence electrons. The van der Waals surface area contributed by atoms with E-state index in [-0.39, 0.29) is 11.8 Å². The summed E-state index contributed by atoms with van der Waals surface area (Å²) in [6.07, 6.45) is 8.34. The highest BCUT2D eigenvalue weighted by molar-refractivity contribution is 6.13. The number of carbonyl (C=O) groups is 2. The normalized spacial score (nSPS) is 20.2. The number of imide groups is 1. The van der Waals surface area contributed by atoms with E-state index in [4.69, 9.17) is 6.42 Å². The number of hydrogen-bond donors (Lipinski definition) is 0. The lowest BCUT2D eigenvalue weighted by Gasteiger charge is -2.31. The van der Waals surface area contributed by atoms with Gasteiger partial charge in [-0.15, -0.1) is 6.42 Å². The molecular formula is C10H11NO2. The van der Waals surface area contributed by atoms with Crippen LogP contribution in [0.15, 0.2) is 12.2 Å². The zero-order valence-electron chi connectivity index (χ0n) is 7.70. The van der Waals surface area contributed by atoms with Crippen molar-refractivity contribution in [2.24, 2.45) is 0 Å². The molecule has 0 aromatic carbocycles. The van der Waals surface area contributed by atoms with E-state index in [0.717, 1.165) is 4.90 Å². The summed E-state index contributed by atoms with van der Waals surface area (Å²) in [7, 11) is 0. The quantitative estimate of drug-likeness (QED) is 0.460. The summed E-state index contributed by atoms with van der Waals surface area (Å²) in [6, 6.07) is 0. The highest BCUT2D eigenvalue weighted by atomic mass is 16.2. The molecule has 2 amide bonds. The number of amides is 2. The maximum absolute atomic E-state index is 11.3. The first kappa shape index (κ1) is 9.53. The molecule has 0 radical (unpaired) electrons. The van der Waals surface area contributed by atoms with Gasteiger partial charge in [-0.3, -0.25) is 14.5 Å². The highest BCUT2D eigenvalue weighted by Gasteiger charge is 2.37. The molecule has 0 aromatic heterocycles. The second-order valence-electron chi connectivity index (χ2n) is 3.12. The Kier molecular flexibility index (Phi) is 2.24. The van der Waals surface area contributed by atoms with Gasteiger partial charge in [0.25, 0.3) is 11.8 Å². The highest BCUT2D eigenvalue weighted by Crippen LogP contribution is 2.22. The lowest BCUT2D eigenvalue weighted by atomic mass is 9.98. The lowest BCUT2D eigenvalue weighted by molar-refractivity contribution is -0.141. The third kappa shape index (κ3) is 1.35. The van der Waals surface area contributed by atoms with Crippen LogP contribution in [-0.4, -0.2) is 22.3 Å². The lowest BCUT2D eigenvalue weighted by Crippen LogP contribution is -2.48. The largest absolute Gasteiger partial charge is 0.269 e. The van der Waals surface area contributed by atoms with Crippen molar-refractivity contribution in [1.82, 2.24) is 4.90 Å². The van der Waals surface area contributed by atoms with Gasteiger partial charge in [-0.05, 0) is 13.3 Å². The zero-order valence-corrected chi connectivity index (χ0v) is 7.70. The molecule has 0 bridgehead atoms. The van der Waals surface area contributed by atoms with Gasteiger partial charge in [-0.25, -0.2) is 0 Å². The van der Waals surface area contributed by atoms with E-state index in [1.54, 1.807) is 6.92 Å². The summed E-state index contributed by atoms with van der Waals surface area (Å²) in [5, 5.41) is 0. The zero-order chi connectivity index (χ0) is 10.1. The van der Waals surface area contributed by atoms with Crippen molar-refractivity contribution >= 4 is 11.8 Å². The van der Waals surface area contributed by atoms with Gasteiger partial charge in [-0.2, -0.15) is 0 Å². The number of nitrogens with zero attached hydrogens (tertiary/aromatic N) is 1. The van der Waals surface area contributed by atoms with Crippen LogP contribution in [-0.2, 0) is 9.59 Å². The van der Waals surface area contributed by atoms with Gasteiger partial charge in [0.2, 0.25) is 0 Å². The van der Waals surface area contributed by atoms with E-state index in [1.807, 2.05) is 6.92 Å². The van der Waals surface area contributed by atoms with Crippen LogP contribution in [0.5, 0.6) is 0 Å². The van der Waals surface area contributed by atoms with Crippen molar-refractivity contribution in [3.05, 3.63) is 12.2 Å². The number of carbonyl (C=O) groups excluding carboxylic acids is 2. The van der Waals surface area contributed by atoms with Crippen molar-refractivity contribution in [1.29, 1.82) is 0 Å². The summed E-state index contributed by atoms with van der Waals surface area (Å²) >= 11 is 0. The van der Waals surface area contributed by atoms with Crippen molar-refractivity contribution in [2.75, 3.05) is 0 Å². The first-order valence-electron chi connectivity index (χ1n) is 4.09. The predicted octanol–water partition coefficient (Wildman–Crippen LogP) is 0.713. The monoisotopic (exact) mass is 177 g/mol. The van der Waals surface area contributed by atoms with Crippen LogP contribution in [0.2, 0.25) is 0 Å². The molecule has 1 unspecified atom stereocenters. The second kappa shape index (κ2) is 3.06. The predicted molar refractivity (Wildman–Crippen MR) is 48.5 cm³/mol. The van der Waals surface area contributed by atoms with Crippen molar-refractivity contribution in [3.8, 4) is 12.3 Å². The molecule has 3 heteroatoms. The van der Waals surface area contributed by atoms with Crippen LogP contribution >= 0.6 is 0 Å². The van der Waals surface area contributed by atoms with Crippen molar-refractivity contribution < 1.29 is 9.59 Å². The molecular weight excluding hydrogens is 166 g/mol. The Bertz CT molecular complexity index is 306. The number of rotatable bonds is 2. The molecule has 0 saturated carbocycles. The summed E-state index contributed by atoms with van der Waals surface area (Å²) < 4.78 is 0. The maximum Gasteiger partial charge on any atom is 0.254 e. The van der Waals surface area contributed by atoms with Gasteiger partial charge in [0.1, 0.15) is 5.54 Å². The molecule has 0 aromatic rings. The Morgan fingerprint density at radius 3 is 2.23 bits per heavy atom. The van der Waals surface area contributed by atoms with Gasteiger partial charge in [-0.1, -0.05) is 12.8 Å². The molecule has 0 saturated heterocycles. The van der Waals surface area contributed by atoms with Crippen LogP contribution in [0.4, 0.5) is 0 Å². The van der Waals surface area contributed by atoms with Gasteiger partial charge in [0, 0.05) is 12.2 Å². The SMILES string of the molecule is C#CC(C)(CC)N1C(=O)C=CC1=O. The number of terminal acetylenes is 1. The van der Waals surface area contributed by atoms with E-state index < -0.39 is 5.54 Å². The van der Waals surface area contributed by atoms with E-state index >= 15 is 0 Å². The summed E-state index contributed by atoms with van der Waals surface area (Å²) in [4.78, 5) is 23.7. The summed E-state index contributed by atoms with van der Waals surface area (Å²) in [6.45, 7) is 3.55. The summed E-state index contributed by atoms with van der Waals surface area (Å²) in [5.74, 6) is 1.82. The first-order valence-corrected chi connectivity index (χ1v) is 4.09. The van der Waals surface area contributed by atoms with Gasteiger partial charge in [0.15, 0.2) is 0 Å².